The Balaban J connectivity index is 1.39. The predicted octanol–water partition coefficient (Wildman–Crippen LogP) is 1.59. The van der Waals surface area contributed by atoms with E-state index in [0.717, 1.165) is 15.3 Å². The Morgan fingerprint density at radius 3 is 2.74 bits per heavy atom. The number of aliphatic hydroxyl groups is 1. The number of halogens is 1. The molecule has 1 fully saturated rings. The van der Waals surface area contributed by atoms with E-state index in [-0.39, 0.29) is 6.42 Å². The number of rotatable bonds is 9. The van der Waals surface area contributed by atoms with Gasteiger partial charge in [-0.25, -0.2) is 19.2 Å². The number of hydrogen-bond acceptors (Lipinski definition) is 10. The smallest absolute Gasteiger partial charge is 0.390 e. The Labute approximate surface area is 214 Å². The summed E-state index contributed by atoms with van der Waals surface area (Å²) < 4.78 is 41.8. The average Bonchev–Trinajstić information content (AvgIpc) is 3.25. The summed E-state index contributed by atoms with van der Waals surface area (Å²) in [6, 6.07) is 11.5. The quantitative estimate of drug-likeness (QED) is 0.260. The lowest BCUT2D eigenvalue weighted by atomic mass is 10.1. The number of carbonyl (C=O) groups is 1. The van der Waals surface area contributed by atoms with Gasteiger partial charge in [0.05, 0.1) is 31.7 Å². The second kappa shape index (κ2) is 11.2. The van der Waals surface area contributed by atoms with Gasteiger partial charge in [0.25, 0.3) is 5.56 Å². The van der Waals surface area contributed by atoms with Crippen LogP contribution in [0.2, 0.25) is 0 Å². The first-order chi connectivity index (χ1) is 18.0. The minimum Gasteiger partial charge on any atom is -0.390 e. The van der Waals surface area contributed by atoms with Gasteiger partial charge in [0.2, 0.25) is 5.82 Å². The maximum Gasteiger partial charge on any atom is 0.529 e. The van der Waals surface area contributed by atoms with Gasteiger partial charge in [0, 0.05) is 11.8 Å². The van der Waals surface area contributed by atoms with E-state index in [1.54, 1.807) is 17.1 Å². The molecule has 0 amide bonds. The number of aliphatic hydroxyl groups excluding tert-OH is 1. The van der Waals surface area contributed by atoms with Crippen molar-refractivity contribution in [3.63, 3.8) is 0 Å². The zero-order valence-electron chi connectivity index (χ0n) is 20.2. The molecule has 15 heteroatoms. The molecule has 1 saturated heterocycles. The van der Waals surface area contributed by atoms with E-state index in [4.69, 9.17) is 18.6 Å². The maximum atomic E-state index is 13.6. The van der Waals surface area contributed by atoms with Crippen LogP contribution in [0.1, 0.15) is 19.6 Å². The number of phosphoric ester groups is 1. The number of ether oxygens (including phenoxy) is 1. The fraction of sp³-hybridized carbons (Fsp3) is 0.348. The standard InChI is InChI=1S/C23H25FN3O10P/c1-13(27(34-2)17-9-5-7-14-6-3-4-8-15(14)17)22(30)37-38(32,33)35-12-19-18(28)10-20(36-19)26-11-16(24)21(29)25-23(26)31/h3-9,11,13,18-20,28H,10,12H2,1-2H3,(H,32,33)(H,25,29,31)/t13-,18-,19+,20+/m0/s1. The number of benzene rings is 2. The van der Waals surface area contributed by atoms with E-state index in [0.29, 0.717) is 11.9 Å². The number of H-pyrrole nitrogens is 1. The number of hydroxylamine groups is 1. The molecule has 2 heterocycles. The Morgan fingerprint density at radius 2 is 2.00 bits per heavy atom. The van der Waals surface area contributed by atoms with Crippen LogP contribution in [-0.2, 0) is 28.0 Å². The van der Waals surface area contributed by atoms with Gasteiger partial charge in [0.15, 0.2) is 6.04 Å². The van der Waals surface area contributed by atoms with Crippen LogP contribution < -0.4 is 16.3 Å². The summed E-state index contributed by atoms with van der Waals surface area (Å²) in [6.45, 7) is 0.702. The highest BCUT2D eigenvalue weighted by Crippen LogP contribution is 2.45. The Bertz CT molecular complexity index is 1490. The highest BCUT2D eigenvalue weighted by Gasteiger charge is 2.39. The van der Waals surface area contributed by atoms with Gasteiger partial charge in [-0.2, -0.15) is 4.39 Å². The third-order valence-electron chi connectivity index (χ3n) is 5.94. The molecular formula is C23H25FN3O10P. The Morgan fingerprint density at radius 1 is 1.29 bits per heavy atom. The van der Waals surface area contributed by atoms with Crippen molar-refractivity contribution in [2.24, 2.45) is 0 Å². The normalized spacial score (nSPS) is 21.7. The minimum atomic E-state index is -4.99. The molecule has 2 aromatic carbocycles. The van der Waals surface area contributed by atoms with Crippen LogP contribution in [-0.4, -0.2) is 57.5 Å². The van der Waals surface area contributed by atoms with Gasteiger partial charge in [-0.1, -0.05) is 36.4 Å². The summed E-state index contributed by atoms with van der Waals surface area (Å²) in [5.74, 6) is -2.37. The molecule has 204 valence electrons. The fourth-order valence-electron chi connectivity index (χ4n) is 4.06. The first-order valence-electron chi connectivity index (χ1n) is 11.4. The molecule has 0 radical (unpaired) electrons. The molecule has 3 aromatic rings. The van der Waals surface area contributed by atoms with E-state index in [2.05, 4.69) is 0 Å². The number of aromatic nitrogens is 2. The number of fused-ring (bicyclic) bond motifs is 1. The topological polar surface area (TPSA) is 170 Å². The van der Waals surface area contributed by atoms with E-state index in [1.165, 1.54) is 19.1 Å². The molecule has 0 saturated carbocycles. The van der Waals surface area contributed by atoms with Crippen LogP contribution in [0, 0.1) is 5.82 Å². The first kappa shape index (κ1) is 27.6. The first-order valence-corrected chi connectivity index (χ1v) is 12.9. The molecule has 1 aliphatic heterocycles. The summed E-state index contributed by atoms with van der Waals surface area (Å²) in [5, 5.41) is 13.1. The molecule has 0 bridgehead atoms. The monoisotopic (exact) mass is 553 g/mol. The Kier molecular flexibility index (Phi) is 8.11. The zero-order valence-corrected chi connectivity index (χ0v) is 21.1. The summed E-state index contributed by atoms with van der Waals surface area (Å²) in [4.78, 5) is 53.1. The second-order valence-corrected chi connectivity index (χ2v) is 9.81. The van der Waals surface area contributed by atoms with Gasteiger partial charge in [-0.05, 0) is 18.4 Å². The number of aromatic amines is 1. The fourth-order valence-corrected chi connectivity index (χ4v) is 4.82. The molecule has 1 unspecified atom stereocenters. The van der Waals surface area contributed by atoms with Crippen molar-refractivity contribution in [1.29, 1.82) is 0 Å². The third-order valence-corrected chi connectivity index (χ3v) is 6.83. The van der Waals surface area contributed by atoms with Gasteiger partial charge in [-0.3, -0.25) is 28.6 Å². The van der Waals surface area contributed by atoms with Crippen LogP contribution in [0.15, 0.2) is 58.3 Å². The van der Waals surface area contributed by atoms with E-state index in [1.807, 2.05) is 30.3 Å². The van der Waals surface area contributed by atoms with Crippen molar-refractivity contribution < 1.29 is 42.4 Å². The summed E-state index contributed by atoms with van der Waals surface area (Å²) in [5.41, 5.74) is -1.67. The van der Waals surface area contributed by atoms with Crippen LogP contribution in [0.5, 0.6) is 0 Å². The molecule has 4 rings (SSSR count). The third kappa shape index (κ3) is 5.85. The highest BCUT2D eigenvalue weighted by molar-refractivity contribution is 7.48. The van der Waals surface area contributed by atoms with Crippen LogP contribution in [0.3, 0.4) is 0 Å². The van der Waals surface area contributed by atoms with Crippen molar-refractivity contribution in [1.82, 2.24) is 9.55 Å². The predicted molar refractivity (Wildman–Crippen MR) is 131 cm³/mol. The molecule has 1 aliphatic rings. The highest BCUT2D eigenvalue weighted by atomic mass is 31.2. The average molecular weight is 553 g/mol. The maximum absolute atomic E-state index is 13.6. The lowest BCUT2D eigenvalue weighted by Crippen LogP contribution is -2.39. The van der Waals surface area contributed by atoms with E-state index in [9.17, 15) is 33.3 Å². The van der Waals surface area contributed by atoms with Crippen molar-refractivity contribution >= 4 is 30.3 Å². The molecule has 0 spiro atoms. The molecule has 3 N–H and O–H groups in total. The molecule has 13 nitrogen and oxygen atoms in total. The molecule has 0 aliphatic carbocycles. The summed E-state index contributed by atoms with van der Waals surface area (Å²) >= 11 is 0. The van der Waals surface area contributed by atoms with Gasteiger partial charge in [-0.15, -0.1) is 0 Å². The largest absolute Gasteiger partial charge is 0.529 e. The SMILES string of the molecule is CON(c1cccc2ccccc12)[C@@H](C)C(=O)OP(=O)(O)OC[C@H]1O[C@@H](n2cc(F)c(=O)[nH]c2=O)C[C@@H]1O. The lowest BCUT2D eigenvalue weighted by molar-refractivity contribution is -0.139. The zero-order chi connectivity index (χ0) is 27.6. The van der Waals surface area contributed by atoms with Crippen molar-refractivity contribution in [3.05, 3.63) is 75.3 Å². The number of carbonyl (C=O) groups excluding carboxylic acids is 1. The van der Waals surface area contributed by atoms with Crippen LogP contribution >= 0.6 is 7.82 Å². The van der Waals surface area contributed by atoms with Gasteiger partial charge >= 0.3 is 19.5 Å². The Hall–Kier alpha value is -3.39. The molecule has 5 atom stereocenters. The number of anilines is 1. The van der Waals surface area contributed by atoms with E-state index < -0.39 is 61.9 Å². The summed E-state index contributed by atoms with van der Waals surface area (Å²) in [6.07, 6.45) is -3.29. The van der Waals surface area contributed by atoms with Gasteiger partial charge in [0.1, 0.15) is 12.3 Å². The van der Waals surface area contributed by atoms with Crippen molar-refractivity contribution in [3.8, 4) is 0 Å². The van der Waals surface area contributed by atoms with Crippen LogP contribution in [0.25, 0.3) is 10.8 Å². The number of hydrogen-bond donors (Lipinski definition) is 3. The second-order valence-electron chi connectivity index (χ2n) is 8.43. The van der Waals surface area contributed by atoms with Crippen molar-refractivity contribution in [2.75, 3.05) is 18.8 Å². The van der Waals surface area contributed by atoms with Crippen molar-refractivity contribution in [2.45, 2.75) is 37.8 Å². The lowest BCUT2D eigenvalue weighted by Gasteiger charge is -2.28. The van der Waals surface area contributed by atoms with Crippen LogP contribution in [0.4, 0.5) is 10.1 Å². The number of nitrogens with one attached hydrogen (secondary N) is 1. The van der Waals surface area contributed by atoms with E-state index >= 15 is 0 Å². The number of nitrogens with zero attached hydrogens (tertiary/aromatic N) is 2. The summed E-state index contributed by atoms with van der Waals surface area (Å²) in [7, 11) is -3.66. The number of phosphoric acid groups is 1. The molecule has 1 aromatic heterocycles. The molecular weight excluding hydrogens is 528 g/mol. The minimum absolute atomic E-state index is 0.209. The van der Waals surface area contributed by atoms with Gasteiger partial charge < -0.3 is 14.4 Å². The molecule has 38 heavy (non-hydrogen) atoms.